The molecule has 0 saturated carbocycles. The third-order valence-corrected chi connectivity index (χ3v) is 5.15. The molecule has 3 rings (SSSR count). The molecule has 2 amide bonds. The van der Waals surface area contributed by atoms with Crippen LogP contribution in [0, 0.1) is 0 Å². The first-order chi connectivity index (χ1) is 15.4. The fourth-order valence-electron chi connectivity index (χ4n) is 2.61. The van der Waals surface area contributed by atoms with E-state index >= 15 is 0 Å². The molecular weight excluding hydrogens is 557 g/mol. The van der Waals surface area contributed by atoms with Gasteiger partial charge in [0.15, 0.2) is 17.5 Å². The van der Waals surface area contributed by atoms with Crippen LogP contribution in [0.1, 0.15) is 32.4 Å². The summed E-state index contributed by atoms with van der Waals surface area (Å²) in [5, 5.41) is 2.30. The summed E-state index contributed by atoms with van der Waals surface area (Å²) in [6, 6.07) is 12.4. The van der Waals surface area contributed by atoms with Crippen LogP contribution in [0.25, 0.3) is 11.4 Å². The molecule has 0 fully saturated rings. The summed E-state index contributed by atoms with van der Waals surface area (Å²) in [6.45, 7) is 0. The van der Waals surface area contributed by atoms with Crippen molar-refractivity contribution in [3.63, 3.8) is 0 Å². The second kappa shape index (κ2) is 10.2. The van der Waals surface area contributed by atoms with Crippen molar-refractivity contribution in [1.82, 2.24) is 20.3 Å². The Morgan fingerprint density at radius 2 is 1.33 bits per heavy atom. The van der Waals surface area contributed by atoms with Crippen LogP contribution < -0.4 is 10.1 Å². The summed E-state index contributed by atoms with van der Waals surface area (Å²) in [7, 11) is 1.50. The maximum absolute atomic E-state index is 12.9. The van der Waals surface area contributed by atoms with Gasteiger partial charge >= 0.3 is 0 Å². The molecule has 0 spiro atoms. The Hall–Kier alpha value is -1.87. The van der Waals surface area contributed by atoms with Gasteiger partial charge in [0.1, 0.15) is 5.75 Å². The number of rotatable bonds is 4. The number of amides is 2. The van der Waals surface area contributed by atoms with Crippen molar-refractivity contribution in [2.24, 2.45) is 0 Å². The van der Waals surface area contributed by atoms with E-state index in [1.54, 1.807) is 24.3 Å². The van der Waals surface area contributed by atoms with E-state index in [9.17, 15) is 9.59 Å². The Balaban J connectivity index is 2.00. The topological polar surface area (TPSA) is 94.1 Å². The van der Waals surface area contributed by atoms with Crippen molar-refractivity contribution in [3.05, 3.63) is 71.3 Å². The van der Waals surface area contributed by atoms with Crippen LogP contribution in [0.15, 0.2) is 48.5 Å². The number of nitrogens with one attached hydrogen (secondary N) is 1. The van der Waals surface area contributed by atoms with Gasteiger partial charge in [0, 0.05) is 11.1 Å². The zero-order valence-electron chi connectivity index (χ0n) is 16.5. The van der Waals surface area contributed by atoms with Gasteiger partial charge in [0.2, 0.25) is 7.59 Å². The van der Waals surface area contributed by atoms with Crippen LogP contribution >= 0.6 is 69.6 Å². The molecule has 1 N–H and O–H groups in total. The number of hydrogen-bond donors (Lipinski definition) is 1. The molecule has 0 aliphatic carbocycles. The van der Waals surface area contributed by atoms with E-state index in [1.165, 1.54) is 31.4 Å². The fraction of sp³-hybridized carbons (Fsp3) is 0.150. The molecule has 0 unspecified atom stereocenters. The smallest absolute Gasteiger partial charge is 0.258 e. The summed E-state index contributed by atoms with van der Waals surface area (Å²) >= 11 is 35.5. The van der Waals surface area contributed by atoms with E-state index in [4.69, 9.17) is 74.3 Å². The van der Waals surface area contributed by atoms with Crippen LogP contribution in [0.4, 0.5) is 0 Å². The monoisotopic (exact) mass is 566 g/mol. The number of benzene rings is 2. The second-order valence-corrected chi connectivity index (χ2v) is 10.9. The number of halogens is 6. The van der Waals surface area contributed by atoms with Crippen LogP contribution in [0.2, 0.25) is 0 Å². The predicted octanol–water partition coefficient (Wildman–Crippen LogP) is 5.77. The molecule has 33 heavy (non-hydrogen) atoms. The van der Waals surface area contributed by atoms with Crippen LogP contribution in [0.5, 0.6) is 5.75 Å². The van der Waals surface area contributed by atoms with Gasteiger partial charge in [-0.2, -0.15) is 0 Å². The highest BCUT2D eigenvalue weighted by Gasteiger charge is 2.34. The average Bonchev–Trinajstić information content (AvgIpc) is 2.77. The fourth-order valence-corrected chi connectivity index (χ4v) is 3.12. The van der Waals surface area contributed by atoms with Gasteiger partial charge < -0.3 is 4.74 Å². The van der Waals surface area contributed by atoms with E-state index in [0.717, 1.165) is 0 Å². The Kier molecular flexibility index (Phi) is 7.94. The van der Waals surface area contributed by atoms with Crippen LogP contribution in [-0.4, -0.2) is 33.9 Å². The van der Waals surface area contributed by atoms with Crippen LogP contribution in [-0.2, 0) is 7.59 Å². The largest absolute Gasteiger partial charge is 0.497 e. The second-order valence-electron chi connectivity index (χ2n) is 6.36. The van der Waals surface area contributed by atoms with Gasteiger partial charge in [-0.25, -0.2) is 15.0 Å². The summed E-state index contributed by atoms with van der Waals surface area (Å²) in [4.78, 5) is 37.6. The summed E-state index contributed by atoms with van der Waals surface area (Å²) in [5.74, 6) is -1.52. The first kappa shape index (κ1) is 25.7. The standard InChI is InChI=1S/C20H12Cl6N4O3/c1-33-11-8-6-10(7-9-11)15(31)29-16(32)13-5-3-2-4-12(13)14-27-17(19(21,22)23)30-18(28-14)20(24,25)26/h2-9H,1H3,(H,29,31,32). The van der Waals surface area contributed by atoms with Crippen molar-refractivity contribution in [1.29, 1.82) is 0 Å². The minimum absolute atomic E-state index is 0.0519. The van der Waals surface area contributed by atoms with Crippen molar-refractivity contribution in [2.45, 2.75) is 7.59 Å². The lowest BCUT2D eigenvalue weighted by atomic mass is 10.1. The Morgan fingerprint density at radius 1 is 0.788 bits per heavy atom. The van der Waals surface area contributed by atoms with E-state index in [0.29, 0.717) is 5.75 Å². The highest BCUT2D eigenvalue weighted by atomic mass is 35.6. The molecule has 13 heteroatoms. The summed E-state index contributed by atoms with van der Waals surface area (Å²) < 4.78 is 0.926. The zero-order chi connectivity index (χ0) is 24.4. The molecule has 172 valence electrons. The molecular formula is C20H12Cl6N4O3. The number of carbonyl (C=O) groups is 2. The molecule has 0 saturated heterocycles. The maximum atomic E-state index is 12.9. The predicted molar refractivity (Wildman–Crippen MR) is 129 cm³/mol. The normalized spacial score (nSPS) is 11.7. The van der Waals surface area contributed by atoms with Crippen molar-refractivity contribution < 1.29 is 14.3 Å². The lowest BCUT2D eigenvalue weighted by Crippen LogP contribution is -2.31. The third-order valence-electron chi connectivity index (χ3n) is 4.13. The van der Waals surface area contributed by atoms with Crippen molar-refractivity contribution in [2.75, 3.05) is 7.11 Å². The molecule has 2 aromatic carbocycles. The average molecular weight is 569 g/mol. The molecule has 3 aromatic rings. The summed E-state index contributed by atoms with van der Waals surface area (Å²) in [5.41, 5.74) is 0.487. The first-order valence-electron chi connectivity index (χ1n) is 8.89. The molecule has 1 heterocycles. The van der Waals surface area contributed by atoms with Crippen molar-refractivity contribution in [3.8, 4) is 17.1 Å². The van der Waals surface area contributed by atoms with E-state index in [2.05, 4.69) is 20.3 Å². The van der Waals surface area contributed by atoms with Gasteiger partial charge in [-0.3, -0.25) is 14.9 Å². The quantitative estimate of drug-likeness (QED) is 0.317. The Labute approximate surface area is 218 Å². The maximum Gasteiger partial charge on any atom is 0.258 e. The minimum Gasteiger partial charge on any atom is -0.497 e. The molecule has 7 nitrogen and oxygen atoms in total. The van der Waals surface area contributed by atoms with Gasteiger partial charge in [0.05, 0.1) is 12.7 Å². The Bertz CT molecular complexity index is 1160. The number of hydrogen-bond acceptors (Lipinski definition) is 6. The van der Waals surface area contributed by atoms with E-state index in [-0.39, 0.29) is 34.2 Å². The van der Waals surface area contributed by atoms with Gasteiger partial charge in [0.25, 0.3) is 11.8 Å². The Morgan fingerprint density at radius 3 is 1.85 bits per heavy atom. The van der Waals surface area contributed by atoms with Gasteiger partial charge in [-0.05, 0) is 30.3 Å². The molecule has 0 bridgehead atoms. The number of ether oxygens (including phenoxy) is 1. The molecule has 1 aromatic heterocycles. The zero-order valence-corrected chi connectivity index (χ0v) is 21.0. The number of imide groups is 1. The van der Waals surface area contributed by atoms with Gasteiger partial charge in [-0.15, -0.1) is 0 Å². The number of alkyl halides is 6. The number of carbonyl (C=O) groups excluding carboxylic acids is 2. The number of aromatic nitrogens is 3. The molecule has 0 radical (unpaired) electrons. The first-order valence-corrected chi connectivity index (χ1v) is 11.2. The molecule has 0 aliphatic heterocycles. The van der Waals surface area contributed by atoms with Gasteiger partial charge in [-0.1, -0.05) is 87.8 Å². The highest BCUT2D eigenvalue weighted by Crippen LogP contribution is 2.41. The lowest BCUT2D eigenvalue weighted by molar-refractivity contribution is 0.0849. The van der Waals surface area contributed by atoms with E-state index in [1.807, 2.05) is 0 Å². The highest BCUT2D eigenvalue weighted by molar-refractivity contribution is 6.67. The molecule has 0 atom stereocenters. The van der Waals surface area contributed by atoms with Crippen LogP contribution in [0.3, 0.4) is 0 Å². The number of nitrogens with zero attached hydrogens (tertiary/aromatic N) is 3. The summed E-state index contributed by atoms with van der Waals surface area (Å²) in [6.07, 6.45) is 0. The lowest BCUT2D eigenvalue weighted by Gasteiger charge is -2.16. The SMILES string of the molecule is COc1ccc(C(=O)NC(=O)c2ccccc2-c2nc(C(Cl)(Cl)Cl)nc(C(Cl)(Cl)Cl)n2)cc1. The van der Waals surface area contributed by atoms with Crippen molar-refractivity contribution >= 4 is 81.4 Å². The van der Waals surface area contributed by atoms with E-state index < -0.39 is 19.4 Å². The minimum atomic E-state index is -2.07. The number of methoxy groups -OCH3 is 1. The molecule has 0 aliphatic rings. The third kappa shape index (κ3) is 6.38.